The molecule has 0 spiro atoms. The van der Waals surface area contributed by atoms with Crippen LogP contribution in [0.2, 0.25) is 0 Å². The number of sulfone groups is 1. The van der Waals surface area contributed by atoms with Crippen molar-refractivity contribution in [3.63, 3.8) is 0 Å². The molecule has 1 aromatic carbocycles. The minimum Gasteiger partial charge on any atom is -0.310 e. The first kappa shape index (κ1) is 18.2. The Kier molecular flexibility index (Phi) is 7.97. The van der Waals surface area contributed by atoms with Crippen LogP contribution in [-0.4, -0.2) is 21.2 Å². The van der Waals surface area contributed by atoms with Gasteiger partial charge in [0.2, 0.25) is 0 Å². The largest absolute Gasteiger partial charge is 0.310 e. The van der Waals surface area contributed by atoms with Crippen LogP contribution in [0, 0.1) is 0 Å². The van der Waals surface area contributed by atoms with Gasteiger partial charge in [0.1, 0.15) is 0 Å². The molecule has 1 N–H and O–H groups in total. The van der Waals surface area contributed by atoms with E-state index in [2.05, 4.69) is 19.2 Å². The highest BCUT2D eigenvalue weighted by Gasteiger charge is 2.14. The minimum atomic E-state index is -3.14. The molecule has 0 aliphatic heterocycles. The summed E-state index contributed by atoms with van der Waals surface area (Å²) in [7, 11) is -3.14. The maximum Gasteiger partial charge on any atom is 0.175 e. The van der Waals surface area contributed by atoms with Gasteiger partial charge in [-0.2, -0.15) is 0 Å². The molecular weight excluding hydrogens is 282 g/mol. The first-order valence-electron chi connectivity index (χ1n) is 8.02. The van der Waals surface area contributed by atoms with Crippen LogP contribution in [0.5, 0.6) is 0 Å². The number of hydrogen-bond acceptors (Lipinski definition) is 3. The molecule has 0 aromatic heterocycles. The summed E-state index contributed by atoms with van der Waals surface area (Å²) >= 11 is 0. The molecule has 120 valence electrons. The Morgan fingerprint density at radius 3 is 2.48 bits per heavy atom. The fraction of sp³-hybridized carbons (Fsp3) is 0.647. The van der Waals surface area contributed by atoms with Crippen molar-refractivity contribution < 1.29 is 8.42 Å². The molecule has 0 aliphatic carbocycles. The van der Waals surface area contributed by atoms with Gasteiger partial charge < -0.3 is 5.32 Å². The first-order chi connectivity index (χ1) is 9.99. The SMILES string of the molecule is CCCCCCC(NCCC)c1cccc(S(C)(=O)=O)c1. The van der Waals surface area contributed by atoms with E-state index in [4.69, 9.17) is 0 Å². The zero-order valence-electron chi connectivity index (χ0n) is 13.6. The molecule has 0 aliphatic rings. The molecule has 0 radical (unpaired) electrons. The van der Waals surface area contributed by atoms with Crippen molar-refractivity contribution in [3.8, 4) is 0 Å². The smallest absolute Gasteiger partial charge is 0.175 e. The van der Waals surface area contributed by atoms with Gasteiger partial charge in [-0.25, -0.2) is 8.42 Å². The predicted molar refractivity (Wildman–Crippen MR) is 89.3 cm³/mol. The molecular formula is C17H29NO2S. The Bertz CT molecular complexity index is 511. The van der Waals surface area contributed by atoms with Crippen molar-refractivity contribution in [1.29, 1.82) is 0 Å². The number of nitrogens with one attached hydrogen (secondary N) is 1. The van der Waals surface area contributed by atoms with Gasteiger partial charge in [0, 0.05) is 12.3 Å². The maximum absolute atomic E-state index is 11.7. The minimum absolute atomic E-state index is 0.253. The van der Waals surface area contributed by atoms with Crippen LogP contribution in [0.4, 0.5) is 0 Å². The van der Waals surface area contributed by atoms with E-state index in [1.165, 1.54) is 31.9 Å². The highest BCUT2D eigenvalue weighted by atomic mass is 32.2. The number of hydrogen-bond donors (Lipinski definition) is 1. The first-order valence-corrected chi connectivity index (χ1v) is 9.91. The molecule has 21 heavy (non-hydrogen) atoms. The van der Waals surface area contributed by atoms with Gasteiger partial charge >= 0.3 is 0 Å². The van der Waals surface area contributed by atoms with Crippen LogP contribution < -0.4 is 5.32 Å². The molecule has 0 saturated heterocycles. The molecule has 0 heterocycles. The second-order valence-electron chi connectivity index (χ2n) is 5.70. The van der Waals surface area contributed by atoms with Crippen LogP contribution in [0.3, 0.4) is 0 Å². The lowest BCUT2D eigenvalue weighted by molar-refractivity contribution is 0.470. The molecule has 0 bridgehead atoms. The summed E-state index contributed by atoms with van der Waals surface area (Å²) in [4.78, 5) is 0.414. The average Bonchev–Trinajstić information content (AvgIpc) is 2.46. The van der Waals surface area contributed by atoms with Crippen LogP contribution in [-0.2, 0) is 9.84 Å². The summed E-state index contributed by atoms with van der Waals surface area (Å²) < 4.78 is 23.4. The Morgan fingerprint density at radius 1 is 1.10 bits per heavy atom. The third-order valence-electron chi connectivity index (χ3n) is 3.68. The zero-order chi connectivity index (χ0) is 15.7. The van der Waals surface area contributed by atoms with E-state index in [0.717, 1.165) is 24.9 Å². The van der Waals surface area contributed by atoms with Crippen LogP contribution in [0.25, 0.3) is 0 Å². The predicted octanol–water partition coefficient (Wildman–Crippen LogP) is 4.10. The Hall–Kier alpha value is -0.870. The summed E-state index contributed by atoms with van der Waals surface area (Å²) in [5, 5.41) is 3.55. The van der Waals surface area contributed by atoms with Gasteiger partial charge in [-0.1, -0.05) is 51.7 Å². The second-order valence-corrected chi connectivity index (χ2v) is 7.72. The summed E-state index contributed by atoms with van der Waals surface area (Å²) in [6, 6.07) is 7.62. The lowest BCUT2D eigenvalue weighted by Crippen LogP contribution is -2.22. The van der Waals surface area contributed by atoms with Crippen LogP contribution in [0.15, 0.2) is 29.2 Å². The molecule has 4 heteroatoms. The lowest BCUT2D eigenvalue weighted by Gasteiger charge is -2.19. The van der Waals surface area contributed by atoms with Crippen molar-refractivity contribution in [2.24, 2.45) is 0 Å². The highest BCUT2D eigenvalue weighted by Crippen LogP contribution is 2.23. The van der Waals surface area contributed by atoms with Crippen molar-refractivity contribution in [2.45, 2.75) is 63.3 Å². The van der Waals surface area contributed by atoms with E-state index in [-0.39, 0.29) is 6.04 Å². The summed E-state index contributed by atoms with van der Waals surface area (Å²) in [5.74, 6) is 0. The topological polar surface area (TPSA) is 46.2 Å². The summed E-state index contributed by atoms with van der Waals surface area (Å²) in [6.07, 6.45) is 8.33. The lowest BCUT2D eigenvalue weighted by atomic mass is 10.00. The van der Waals surface area contributed by atoms with Crippen LogP contribution >= 0.6 is 0 Å². The van der Waals surface area contributed by atoms with Crippen molar-refractivity contribution in [2.75, 3.05) is 12.8 Å². The van der Waals surface area contributed by atoms with Gasteiger partial charge in [-0.15, -0.1) is 0 Å². The van der Waals surface area contributed by atoms with Crippen molar-refractivity contribution >= 4 is 9.84 Å². The Labute approximate surface area is 130 Å². The standard InChI is InChI=1S/C17H29NO2S/c1-4-6-7-8-12-17(18-13-5-2)15-10-9-11-16(14-15)21(3,19)20/h9-11,14,17-18H,4-8,12-13H2,1-3H3. The molecule has 1 unspecified atom stereocenters. The molecule has 0 amide bonds. The van der Waals surface area contributed by atoms with Gasteiger partial charge in [0.25, 0.3) is 0 Å². The zero-order valence-corrected chi connectivity index (χ0v) is 14.4. The maximum atomic E-state index is 11.7. The molecule has 1 atom stereocenters. The third-order valence-corrected chi connectivity index (χ3v) is 4.79. The van der Waals surface area contributed by atoms with E-state index < -0.39 is 9.84 Å². The monoisotopic (exact) mass is 311 g/mol. The molecule has 0 saturated carbocycles. The quantitative estimate of drug-likeness (QED) is 0.662. The van der Waals surface area contributed by atoms with E-state index in [1.54, 1.807) is 6.07 Å². The van der Waals surface area contributed by atoms with Gasteiger partial charge in [0.05, 0.1) is 4.90 Å². The van der Waals surface area contributed by atoms with E-state index >= 15 is 0 Å². The molecule has 1 aromatic rings. The van der Waals surface area contributed by atoms with Gasteiger partial charge in [-0.3, -0.25) is 0 Å². The third kappa shape index (κ3) is 6.62. The number of unbranched alkanes of at least 4 members (excludes halogenated alkanes) is 3. The number of rotatable bonds is 10. The fourth-order valence-electron chi connectivity index (χ4n) is 2.44. The van der Waals surface area contributed by atoms with Crippen molar-refractivity contribution in [1.82, 2.24) is 5.32 Å². The van der Waals surface area contributed by atoms with Crippen LogP contribution in [0.1, 0.15) is 64.0 Å². The molecule has 3 nitrogen and oxygen atoms in total. The normalized spacial score (nSPS) is 13.3. The molecule has 1 rings (SSSR count). The Morgan fingerprint density at radius 2 is 1.86 bits per heavy atom. The second kappa shape index (κ2) is 9.21. The Balaban J connectivity index is 2.81. The van der Waals surface area contributed by atoms with E-state index in [1.807, 2.05) is 18.2 Å². The average molecular weight is 311 g/mol. The van der Waals surface area contributed by atoms with Gasteiger partial charge in [0.15, 0.2) is 9.84 Å². The highest BCUT2D eigenvalue weighted by molar-refractivity contribution is 7.90. The van der Waals surface area contributed by atoms with Gasteiger partial charge in [-0.05, 0) is 37.1 Å². The van der Waals surface area contributed by atoms with E-state index in [0.29, 0.717) is 4.90 Å². The number of benzene rings is 1. The summed E-state index contributed by atoms with van der Waals surface area (Å²) in [5.41, 5.74) is 1.09. The van der Waals surface area contributed by atoms with E-state index in [9.17, 15) is 8.42 Å². The van der Waals surface area contributed by atoms with Crippen molar-refractivity contribution in [3.05, 3.63) is 29.8 Å². The summed E-state index contributed by atoms with van der Waals surface area (Å²) in [6.45, 7) is 5.32. The molecule has 0 fully saturated rings. The fourth-order valence-corrected chi connectivity index (χ4v) is 3.12.